The van der Waals surface area contributed by atoms with Gasteiger partial charge in [0.1, 0.15) is 0 Å². The second-order valence-corrected chi connectivity index (χ2v) is 15.9. The number of rotatable bonds is 13. The molecule has 2 amide bonds. The second kappa shape index (κ2) is 18.8. The highest BCUT2D eigenvalue weighted by molar-refractivity contribution is 5.97. The molecule has 5 aromatic rings. The Balaban J connectivity index is 0.000000173. The lowest BCUT2D eigenvalue weighted by molar-refractivity contribution is -0.157. The first-order chi connectivity index (χ1) is 29.7. The Kier molecular flexibility index (Phi) is 12.7. The van der Waals surface area contributed by atoms with Crippen molar-refractivity contribution in [1.29, 1.82) is 0 Å². The number of hydrogen-bond donors (Lipinski definition) is 4. The van der Waals surface area contributed by atoms with Gasteiger partial charge < -0.3 is 25.0 Å². The van der Waals surface area contributed by atoms with Crippen LogP contribution >= 0.6 is 0 Å². The Morgan fingerprint density at radius 2 is 1.05 bits per heavy atom. The summed E-state index contributed by atoms with van der Waals surface area (Å²) in [5.74, 6) is -2.72. The van der Waals surface area contributed by atoms with Crippen molar-refractivity contribution in [1.82, 2.24) is 19.9 Å². The molecule has 0 radical (unpaired) electrons. The molecule has 1 unspecified atom stereocenters. The van der Waals surface area contributed by atoms with Crippen LogP contribution in [0.15, 0.2) is 79.6 Å². The topological polar surface area (TPSA) is 203 Å². The number of nitrogens with one attached hydrogen (secondary N) is 2. The molecule has 3 aromatic carbocycles. The van der Waals surface area contributed by atoms with Gasteiger partial charge in [-0.2, -0.15) is 0 Å². The Hall–Kier alpha value is -6.54. The summed E-state index contributed by atoms with van der Waals surface area (Å²) in [5, 5.41) is 25.3. The van der Waals surface area contributed by atoms with E-state index in [1.807, 2.05) is 18.2 Å². The average Bonchev–Trinajstić information content (AvgIpc) is 4.11. The molecule has 4 aliphatic carbocycles. The first kappa shape index (κ1) is 41.2. The van der Waals surface area contributed by atoms with Gasteiger partial charge >= 0.3 is 18.0 Å². The number of amides is 2. The quantitative estimate of drug-likeness (QED) is 0.1000. The zero-order valence-electron chi connectivity index (χ0n) is 33.8. The van der Waals surface area contributed by atoms with Crippen LogP contribution in [0.25, 0.3) is 0 Å². The standard InChI is InChI=1S/C27H27N3O4.C20H21N3O4/c31-26(30-24-21-10-4-8-18(21)14-19-9-5-11-22(19)24)25(17-6-2-1-3-7-17)34-23(27(32)33)15-20-16-28-12-13-29-20;24-19(25)17(10-14-11-21-7-8-22-14)27-20(26)23-18-15-5-1-3-12(15)9-13-4-2-6-16(13)18/h1-3,6-7,12-14,16,23,25H,4-5,8-11,15H2,(H,30,31)(H,32,33);7-9,11,17H,1-6,10H2,(H,23,26)(H,24,25)/t23-,25?;17-/m11/s1. The van der Waals surface area contributed by atoms with E-state index in [1.165, 1.54) is 81.7 Å². The van der Waals surface area contributed by atoms with E-state index < -0.39 is 36.3 Å². The van der Waals surface area contributed by atoms with E-state index in [0.29, 0.717) is 17.0 Å². The summed E-state index contributed by atoms with van der Waals surface area (Å²) >= 11 is 0. The average molecular weight is 825 g/mol. The van der Waals surface area contributed by atoms with E-state index in [1.54, 1.807) is 12.1 Å². The van der Waals surface area contributed by atoms with Crippen molar-refractivity contribution < 1.29 is 38.9 Å². The molecule has 0 saturated carbocycles. The molecule has 0 bridgehead atoms. The third-order valence-corrected chi connectivity index (χ3v) is 11.9. The molecular weight excluding hydrogens is 777 g/mol. The molecule has 2 aromatic heterocycles. The maximum Gasteiger partial charge on any atom is 0.412 e. The number of hydrogen-bond acceptors (Lipinski definition) is 10. The van der Waals surface area contributed by atoms with Crippen molar-refractivity contribution in [3.63, 3.8) is 0 Å². The molecule has 14 nitrogen and oxygen atoms in total. The molecular formula is C47H48N6O8. The molecule has 0 spiro atoms. The number of carboxylic acid groups (broad SMARTS) is 2. The first-order valence-corrected chi connectivity index (χ1v) is 21.0. The van der Waals surface area contributed by atoms with Gasteiger partial charge in [-0.15, -0.1) is 0 Å². The molecule has 4 N–H and O–H groups in total. The fourth-order valence-corrected chi connectivity index (χ4v) is 9.09. The van der Waals surface area contributed by atoms with Crippen LogP contribution in [0.4, 0.5) is 16.2 Å². The zero-order chi connectivity index (χ0) is 42.3. The summed E-state index contributed by atoms with van der Waals surface area (Å²) in [7, 11) is 0. The van der Waals surface area contributed by atoms with Crippen LogP contribution < -0.4 is 10.6 Å². The van der Waals surface area contributed by atoms with Gasteiger partial charge in [-0.1, -0.05) is 42.5 Å². The Morgan fingerprint density at radius 3 is 1.49 bits per heavy atom. The van der Waals surface area contributed by atoms with E-state index in [9.17, 15) is 29.4 Å². The Bertz CT molecular complexity index is 2350. The number of aryl methyl sites for hydroxylation is 4. The van der Waals surface area contributed by atoms with Crippen LogP contribution in [0.3, 0.4) is 0 Å². The van der Waals surface area contributed by atoms with Crippen molar-refractivity contribution in [3.8, 4) is 0 Å². The van der Waals surface area contributed by atoms with Crippen molar-refractivity contribution in [2.75, 3.05) is 10.6 Å². The highest BCUT2D eigenvalue weighted by Gasteiger charge is 2.33. The molecule has 0 fully saturated rings. The number of carbonyl (C=O) groups is 4. The van der Waals surface area contributed by atoms with E-state index in [4.69, 9.17) is 9.47 Å². The smallest absolute Gasteiger partial charge is 0.412 e. The number of aromatic nitrogens is 4. The number of carbonyl (C=O) groups excluding carboxylic acids is 2. The van der Waals surface area contributed by atoms with Crippen LogP contribution in [0.1, 0.15) is 93.2 Å². The van der Waals surface area contributed by atoms with Gasteiger partial charge in [0.2, 0.25) is 6.10 Å². The molecule has 4 aliphatic rings. The maximum absolute atomic E-state index is 13.7. The number of carboxylic acids is 2. The normalized spacial score (nSPS) is 15.8. The Morgan fingerprint density at radius 1 is 0.590 bits per heavy atom. The van der Waals surface area contributed by atoms with Gasteiger partial charge in [0, 0.05) is 55.7 Å². The molecule has 0 saturated heterocycles. The number of anilines is 2. The summed E-state index contributed by atoms with van der Waals surface area (Å²) < 4.78 is 11.2. The molecule has 2 heterocycles. The van der Waals surface area contributed by atoms with Crippen LogP contribution in [0.2, 0.25) is 0 Å². The third kappa shape index (κ3) is 9.60. The van der Waals surface area contributed by atoms with E-state index in [2.05, 4.69) is 42.7 Å². The minimum absolute atomic E-state index is 0.00984. The second-order valence-electron chi connectivity index (χ2n) is 15.9. The number of benzene rings is 3. The molecule has 9 rings (SSSR count). The summed E-state index contributed by atoms with van der Waals surface area (Å²) in [6.45, 7) is 0. The van der Waals surface area contributed by atoms with Gasteiger partial charge in [-0.25, -0.2) is 14.4 Å². The van der Waals surface area contributed by atoms with Crippen molar-refractivity contribution in [2.45, 2.75) is 108 Å². The van der Waals surface area contributed by atoms with E-state index in [-0.39, 0.29) is 18.7 Å². The zero-order valence-corrected chi connectivity index (χ0v) is 33.8. The molecule has 314 valence electrons. The fraction of sp³-hybridized carbons (Fsp3) is 0.362. The SMILES string of the molecule is O=C(Nc1c2c(cc3c1CCC3)CCC2)C(O[C@H](Cc1cnccn1)C(=O)O)c1ccccc1.O=C(Nc1c2c(cc3c1CCC3)CCC2)O[C@H](Cc1cnccn1)C(=O)O. The molecule has 14 heteroatoms. The van der Waals surface area contributed by atoms with Gasteiger partial charge in [0.25, 0.3) is 5.91 Å². The van der Waals surface area contributed by atoms with Crippen LogP contribution in [0, 0.1) is 0 Å². The number of fused-ring (bicyclic) bond motifs is 4. The summed E-state index contributed by atoms with van der Waals surface area (Å²) in [6.07, 6.45) is 16.8. The van der Waals surface area contributed by atoms with Crippen molar-refractivity contribution in [3.05, 3.63) is 141 Å². The summed E-state index contributed by atoms with van der Waals surface area (Å²) in [4.78, 5) is 65.8. The Labute approximate surface area is 353 Å². The minimum Gasteiger partial charge on any atom is -0.479 e. The number of ether oxygens (including phenoxy) is 2. The van der Waals surface area contributed by atoms with Gasteiger partial charge in [-0.05, 0) is 127 Å². The van der Waals surface area contributed by atoms with Crippen LogP contribution in [0.5, 0.6) is 0 Å². The van der Waals surface area contributed by atoms with E-state index in [0.717, 1.165) is 88.4 Å². The van der Waals surface area contributed by atoms with Gasteiger partial charge in [0.05, 0.1) is 17.1 Å². The minimum atomic E-state index is -1.31. The largest absolute Gasteiger partial charge is 0.479 e. The number of aliphatic carboxylic acids is 2. The third-order valence-electron chi connectivity index (χ3n) is 11.9. The molecule has 0 aliphatic heterocycles. The maximum atomic E-state index is 13.7. The van der Waals surface area contributed by atoms with Crippen LogP contribution in [-0.4, -0.2) is 66.3 Å². The summed E-state index contributed by atoms with van der Waals surface area (Å²) in [6, 6.07) is 13.6. The first-order valence-electron chi connectivity index (χ1n) is 21.0. The highest BCUT2D eigenvalue weighted by atomic mass is 16.6. The molecule has 3 atom stereocenters. The monoisotopic (exact) mass is 824 g/mol. The number of nitrogens with zero attached hydrogens (tertiary/aromatic N) is 4. The summed E-state index contributed by atoms with van der Waals surface area (Å²) in [5.41, 5.74) is 13.3. The lowest BCUT2D eigenvalue weighted by atomic mass is 9.98. The van der Waals surface area contributed by atoms with Crippen molar-refractivity contribution >= 4 is 35.3 Å². The molecule has 61 heavy (non-hydrogen) atoms. The van der Waals surface area contributed by atoms with Crippen LogP contribution in [-0.2, 0) is 88.1 Å². The highest BCUT2D eigenvalue weighted by Crippen LogP contribution is 2.40. The predicted octanol–water partition coefficient (Wildman–Crippen LogP) is 6.54. The predicted molar refractivity (Wildman–Crippen MR) is 224 cm³/mol. The lowest BCUT2D eigenvalue weighted by Gasteiger charge is -2.24. The van der Waals surface area contributed by atoms with Crippen molar-refractivity contribution in [2.24, 2.45) is 0 Å². The lowest BCUT2D eigenvalue weighted by Crippen LogP contribution is -2.34. The van der Waals surface area contributed by atoms with Gasteiger partial charge in [-0.3, -0.25) is 30.0 Å². The fourth-order valence-electron chi connectivity index (χ4n) is 9.09. The van der Waals surface area contributed by atoms with Gasteiger partial charge in [0.15, 0.2) is 12.2 Å². The van der Waals surface area contributed by atoms with E-state index >= 15 is 0 Å².